The van der Waals surface area contributed by atoms with E-state index in [1.54, 1.807) is 0 Å². The Bertz CT molecular complexity index is 423. The normalized spacial score (nSPS) is 18.5. The number of carbonyl (C=O) groups excluding carboxylic acids is 1. The van der Waals surface area contributed by atoms with Crippen LogP contribution in [-0.4, -0.2) is 44.0 Å². The summed E-state index contributed by atoms with van der Waals surface area (Å²) >= 11 is 0. The Kier molecular flexibility index (Phi) is 4.72. The van der Waals surface area contributed by atoms with E-state index in [9.17, 15) is 23.1 Å². The van der Waals surface area contributed by atoms with Gasteiger partial charge >= 0.3 is 5.97 Å². The summed E-state index contributed by atoms with van der Waals surface area (Å²) in [6, 6.07) is 0. The van der Waals surface area contributed by atoms with Crippen LogP contribution in [0.3, 0.4) is 0 Å². The van der Waals surface area contributed by atoms with Gasteiger partial charge in [-0.2, -0.15) is 0 Å². The van der Waals surface area contributed by atoms with Crippen LogP contribution in [0.5, 0.6) is 0 Å². The second-order valence-corrected chi connectivity index (χ2v) is 7.21. The van der Waals surface area contributed by atoms with Gasteiger partial charge in [-0.3, -0.25) is 9.59 Å². The monoisotopic (exact) mass is 277 g/mol. The van der Waals surface area contributed by atoms with Gasteiger partial charge in [-0.25, -0.2) is 8.42 Å². The standard InChI is InChI=1S/C11H19NO5S/c1-18(16,17)7-4-9(13)12-8-11(10(14)15)5-2-3-6-11/h2-8H2,1H3,(H,12,13)(H,14,15). The summed E-state index contributed by atoms with van der Waals surface area (Å²) < 4.78 is 21.8. The summed E-state index contributed by atoms with van der Waals surface area (Å²) in [6.45, 7) is 0.0882. The number of carboxylic acid groups (broad SMARTS) is 1. The molecule has 0 radical (unpaired) electrons. The van der Waals surface area contributed by atoms with Crippen LogP contribution in [0.4, 0.5) is 0 Å². The van der Waals surface area contributed by atoms with E-state index in [1.165, 1.54) is 0 Å². The molecule has 0 spiro atoms. The topological polar surface area (TPSA) is 101 Å². The Balaban J connectivity index is 2.44. The molecule has 104 valence electrons. The molecule has 1 rings (SSSR count). The first-order valence-electron chi connectivity index (χ1n) is 5.93. The van der Waals surface area contributed by atoms with Crippen LogP contribution < -0.4 is 5.32 Å². The molecule has 18 heavy (non-hydrogen) atoms. The summed E-state index contributed by atoms with van der Waals surface area (Å²) in [6.07, 6.45) is 3.78. The largest absolute Gasteiger partial charge is 0.481 e. The Morgan fingerprint density at radius 3 is 2.28 bits per heavy atom. The highest BCUT2D eigenvalue weighted by Gasteiger charge is 2.41. The van der Waals surface area contributed by atoms with Crippen molar-refractivity contribution in [3.8, 4) is 0 Å². The molecule has 6 nitrogen and oxygen atoms in total. The van der Waals surface area contributed by atoms with Crippen molar-refractivity contribution < 1.29 is 23.1 Å². The van der Waals surface area contributed by atoms with Crippen LogP contribution in [0, 0.1) is 5.41 Å². The molecular formula is C11H19NO5S. The lowest BCUT2D eigenvalue weighted by Gasteiger charge is -2.23. The molecule has 7 heteroatoms. The van der Waals surface area contributed by atoms with Gasteiger partial charge in [-0.1, -0.05) is 12.8 Å². The Morgan fingerprint density at radius 2 is 1.83 bits per heavy atom. The number of aliphatic carboxylic acids is 1. The van der Waals surface area contributed by atoms with Gasteiger partial charge in [-0.05, 0) is 12.8 Å². The lowest BCUT2D eigenvalue weighted by atomic mass is 9.86. The lowest BCUT2D eigenvalue weighted by molar-refractivity contribution is -0.148. The third-order valence-corrected chi connectivity index (χ3v) is 4.28. The van der Waals surface area contributed by atoms with E-state index in [4.69, 9.17) is 0 Å². The fourth-order valence-corrected chi connectivity index (χ4v) is 2.71. The Hall–Kier alpha value is -1.11. The average Bonchev–Trinajstić information content (AvgIpc) is 2.72. The van der Waals surface area contributed by atoms with Crippen molar-refractivity contribution in [1.82, 2.24) is 5.32 Å². The van der Waals surface area contributed by atoms with E-state index in [2.05, 4.69) is 5.32 Å². The molecule has 1 saturated carbocycles. The number of carboxylic acids is 1. The molecule has 0 saturated heterocycles. The van der Waals surface area contributed by atoms with Crippen LogP contribution in [0.1, 0.15) is 32.1 Å². The van der Waals surface area contributed by atoms with Gasteiger partial charge in [-0.15, -0.1) is 0 Å². The van der Waals surface area contributed by atoms with Gasteiger partial charge in [0.25, 0.3) is 0 Å². The second kappa shape index (κ2) is 5.69. The molecule has 0 aliphatic heterocycles. The zero-order chi connectivity index (χ0) is 13.8. The SMILES string of the molecule is CS(=O)(=O)CCC(=O)NCC1(C(=O)O)CCCC1. The molecule has 0 bridgehead atoms. The maximum absolute atomic E-state index is 11.4. The summed E-state index contributed by atoms with van der Waals surface area (Å²) in [7, 11) is -3.17. The highest BCUT2D eigenvalue weighted by molar-refractivity contribution is 7.90. The van der Waals surface area contributed by atoms with Crippen molar-refractivity contribution in [1.29, 1.82) is 0 Å². The molecule has 1 fully saturated rings. The first kappa shape index (κ1) is 14.9. The van der Waals surface area contributed by atoms with Gasteiger partial charge in [0.15, 0.2) is 0 Å². The van der Waals surface area contributed by atoms with Crippen LogP contribution in [0.25, 0.3) is 0 Å². The quantitative estimate of drug-likeness (QED) is 0.721. The molecule has 0 unspecified atom stereocenters. The van der Waals surface area contributed by atoms with Crippen LogP contribution in [-0.2, 0) is 19.4 Å². The third kappa shape index (κ3) is 4.29. The van der Waals surface area contributed by atoms with Gasteiger partial charge in [0, 0.05) is 19.2 Å². The van der Waals surface area contributed by atoms with E-state index in [0.717, 1.165) is 19.1 Å². The molecule has 0 aromatic carbocycles. The van der Waals surface area contributed by atoms with Crippen LogP contribution in [0.2, 0.25) is 0 Å². The zero-order valence-corrected chi connectivity index (χ0v) is 11.3. The Labute approximate surface area is 107 Å². The fourth-order valence-electron chi connectivity index (χ4n) is 2.15. The van der Waals surface area contributed by atoms with Crippen molar-refractivity contribution in [3.05, 3.63) is 0 Å². The highest BCUT2D eigenvalue weighted by Crippen LogP contribution is 2.37. The molecule has 0 aromatic rings. The van der Waals surface area contributed by atoms with Gasteiger partial charge in [0.05, 0.1) is 11.2 Å². The summed E-state index contributed by atoms with van der Waals surface area (Å²) in [4.78, 5) is 22.6. The minimum atomic E-state index is -3.17. The average molecular weight is 277 g/mol. The van der Waals surface area contributed by atoms with E-state index in [-0.39, 0.29) is 18.7 Å². The molecular weight excluding hydrogens is 258 g/mol. The predicted molar refractivity (Wildman–Crippen MR) is 65.9 cm³/mol. The van der Waals surface area contributed by atoms with E-state index < -0.39 is 27.1 Å². The smallest absolute Gasteiger partial charge is 0.311 e. The number of hydrogen-bond donors (Lipinski definition) is 2. The Morgan fingerprint density at radius 1 is 1.28 bits per heavy atom. The molecule has 1 aliphatic carbocycles. The maximum atomic E-state index is 11.4. The number of nitrogens with one attached hydrogen (secondary N) is 1. The van der Waals surface area contributed by atoms with Crippen molar-refractivity contribution >= 4 is 21.7 Å². The number of hydrogen-bond acceptors (Lipinski definition) is 4. The van der Waals surface area contributed by atoms with Crippen LogP contribution in [0.15, 0.2) is 0 Å². The first-order valence-corrected chi connectivity index (χ1v) is 7.99. The van der Waals surface area contributed by atoms with Crippen molar-refractivity contribution in [2.75, 3.05) is 18.6 Å². The highest BCUT2D eigenvalue weighted by atomic mass is 32.2. The third-order valence-electron chi connectivity index (χ3n) is 3.34. The van der Waals surface area contributed by atoms with E-state index in [0.29, 0.717) is 12.8 Å². The lowest BCUT2D eigenvalue weighted by Crippen LogP contribution is -2.41. The molecule has 1 aliphatic rings. The van der Waals surface area contributed by atoms with Crippen LogP contribution >= 0.6 is 0 Å². The maximum Gasteiger partial charge on any atom is 0.311 e. The van der Waals surface area contributed by atoms with E-state index in [1.807, 2.05) is 0 Å². The minimum Gasteiger partial charge on any atom is -0.481 e. The fraction of sp³-hybridized carbons (Fsp3) is 0.818. The number of amides is 1. The number of carbonyl (C=O) groups is 2. The van der Waals surface area contributed by atoms with Gasteiger partial charge < -0.3 is 10.4 Å². The summed E-state index contributed by atoms with van der Waals surface area (Å²) in [5.41, 5.74) is -0.860. The van der Waals surface area contributed by atoms with E-state index >= 15 is 0 Å². The van der Waals surface area contributed by atoms with Crippen molar-refractivity contribution in [3.63, 3.8) is 0 Å². The zero-order valence-electron chi connectivity index (χ0n) is 10.4. The number of rotatable bonds is 6. The molecule has 0 aromatic heterocycles. The molecule has 0 heterocycles. The second-order valence-electron chi connectivity index (χ2n) is 4.95. The van der Waals surface area contributed by atoms with Crippen molar-refractivity contribution in [2.24, 2.45) is 5.41 Å². The predicted octanol–water partition coefficient (Wildman–Crippen LogP) is 0.182. The summed E-state index contributed by atoms with van der Waals surface area (Å²) in [5.74, 6) is -1.50. The van der Waals surface area contributed by atoms with Crippen molar-refractivity contribution in [2.45, 2.75) is 32.1 Å². The number of sulfone groups is 1. The van der Waals surface area contributed by atoms with Gasteiger partial charge in [0.2, 0.25) is 5.91 Å². The molecule has 1 amide bonds. The first-order chi connectivity index (χ1) is 8.25. The molecule has 2 N–H and O–H groups in total. The summed E-state index contributed by atoms with van der Waals surface area (Å²) in [5, 5.41) is 11.7. The molecule has 0 atom stereocenters. The minimum absolute atomic E-state index is 0.0882. The van der Waals surface area contributed by atoms with Gasteiger partial charge in [0.1, 0.15) is 9.84 Å².